The lowest BCUT2D eigenvalue weighted by atomic mass is 10.1. The van der Waals surface area contributed by atoms with Gasteiger partial charge >= 0.3 is 0 Å². The van der Waals surface area contributed by atoms with Gasteiger partial charge in [-0.1, -0.05) is 18.3 Å². The van der Waals surface area contributed by atoms with Crippen LogP contribution in [0.25, 0.3) is 0 Å². The maximum atomic E-state index is 14.0. The third-order valence-electron chi connectivity index (χ3n) is 3.11. The Balaban J connectivity index is 2.16. The second-order valence-corrected chi connectivity index (χ2v) is 5.09. The van der Waals surface area contributed by atoms with Crippen LogP contribution in [0.3, 0.4) is 0 Å². The first-order valence-electron chi connectivity index (χ1n) is 6.39. The molecule has 110 valence electrons. The number of anilines is 1. The molecule has 1 heterocycles. The molecule has 0 saturated heterocycles. The summed E-state index contributed by atoms with van der Waals surface area (Å²) < 4.78 is 28.1. The monoisotopic (exact) mass is 307 g/mol. The van der Waals surface area contributed by atoms with E-state index in [2.05, 4.69) is 4.98 Å². The SMILES string of the molecule is CN(CCc1ccccn1)c1c(F)cc(C(N)=S)cc1F. The van der Waals surface area contributed by atoms with E-state index in [1.807, 2.05) is 18.2 Å². The van der Waals surface area contributed by atoms with Crippen LogP contribution in [0.5, 0.6) is 0 Å². The smallest absolute Gasteiger partial charge is 0.150 e. The van der Waals surface area contributed by atoms with Gasteiger partial charge in [0.15, 0.2) is 0 Å². The van der Waals surface area contributed by atoms with Crippen molar-refractivity contribution < 1.29 is 8.78 Å². The number of likely N-dealkylation sites (N-methyl/N-ethyl adjacent to an activating group) is 1. The average molecular weight is 307 g/mol. The van der Waals surface area contributed by atoms with Crippen molar-refractivity contribution in [2.24, 2.45) is 5.73 Å². The molecule has 0 aliphatic heterocycles. The third kappa shape index (κ3) is 3.72. The molecule has 0 fully saturated rings. The van der Waals surface area contributed by atoms with E-state index in [0.717, 1.165) is 17.8 Å². The molecule has 2 N–H and O–H groups in total. The van der Waals surface area contributed by atoms with Gasteiger partial charge in [-0.2, -0.15) is 0 Å². The Kier molecular flexibility index (Phi) is 4.80. The number of hydrogen-bond donors (Lipinski definition) is 1. The highest BCUT2D eigenvalue weighted by atomic mass is 32.1. The van der Waals surface area contributed by atoms with Gasteiger partial charge in [0.05, 0.1) is 0 Å². The Bertz CT molecular complexity index is 624. The van der Waals surface area contributed by atoms with Crippen molar-refractivity contribution in [1.82, 2.24) is 4.98 Å². The zero-order chi connectivity index (χ0) is 15.4. The molecule has 3 nitrogen and oxygen atoms in total. The summed E-state index contributed by atoms with van der Waals surface area (Å²) >= 11 is 4.73. The van der Waals surface area contributed by atoms with E-state index >= 15 is 0 Å². The summed E-state index contributed by atoms with van der Waals surface area (Å²) in [6.07, 6.45) is 2.28. The zero-order valence-corrected chi connectivity index (χ0v) is 12.3. The van der Waals surface area contributed by atoms with E-state index in [0.29, 0.717) is 13.0 Å². The summed E-state index contributed by atoms with van der Waals surface area (Å²) in [6, 6.07) is 7.87. The molecule has 6 heteroatoms. The minimum atomic E-state index is -0.679. The van der Waals surface area contributed by atoms with Crippen LogP contribution >= 0.6 is 12.2 Å². The number of pyridine rings is 1. The molecule has 2 rings (SSSR count). The fourth-order valence-electron chi connectivity index (χ4n) is 2.01. The molecule has 0 unspecified atom stereocenters. The first-order valence-corrected chi connectivity index (χ1v) is 6.79. The van der Waals surface area contributed by atoms with E-state index in [9.17, 15) is 8.78 Å². The van der Waals surface area contributed by atoms with Gasteiger partial charge < -0.3 is 10.6 Å². The van der Waals surface area contributed by atoms with Crippen LogP contribution in [0.1, 0.15) is 11.3 Å². The normalized spacial score (nSPS) is 10.4. The highest BCUT2D eigenvalue weighted by Crippen LogP contribution is 2.24. The van der Waals surface area contributed by atoms with Crippen LogP contribution < -0.4 is 10.6 Å². The van der Waals surface area contributed by atoms with Crippen LogP contribution in [0.2, 0.25) is 0 Å². The molecule has 21 heavy (non-hydrogen) atoms. The molecule has 0 amide bonds. The second kappa shape index (κ2) is 6.58. The standard InChI is InChI=1S/C15H15F2N3S/c1-20(7-5-11-4-2-3-6-19-11)14-12(16)8-10(15(18)21)9-13(14)17/h2-4,6,8-9H,5,7H2,1H3,(H2,18,21). The Hall–Kier alpha value is -2.08. The van der Waals surface area contributed by atoms with Gasteiger partial charge in [-0.05, 0) is 24.3 Å². The van der Waals surface area contributed by atoms with Gasteiger partial charge in [0, 0.05) is 37.5 Å². The van der Waals surface area contributed by atoms with Crippen LogP contribution in [-0.4, -0.2) is 23.6 Å². The summed E-state index contributed by atoms with van der Waals surface area (Å²) in [5.41, 5.74) is 6.34. The maximum absolute atomic E-state index is 14.0. The van der Waals surface area contributed by atoms with Crippen molar-refractivity contribution in [3.8, 4) is 0 Å². The van der Waals surface area contributed by atoms with E-state index < -0.39 is 11.6 Å². The summed E-state index contributed by atoms with van der Waals surface area (Å²) in [5, 5.41) is 0. The van der Waals surface area contributed by atoms with Gasteiger partial charge in [0.1, 0.15) is 22.3 Å². The topological polar surface area (TPSA) is 42.2 Å². The highest BCUT2D eigenvalue weighted by molar-refractivity contribution is 7.80. The van der Waals surface area contributed by atoms with Crippen molar-refractivity contribution in [2.45, 2.75) is 6.42 Å². The van der Waals surface area contributed by atoms with Gasteiger partial charge in [0.25, 0.3) is 0 Å². The molecule has 2 aromatic rings. The fraction of sp³-hybridized carbons (Fsp3) is 0.200. The Morgan fingerprint density at radius 1 is 1.29 bits per heavy atom. The van der Waals surface area contributed by atoms with Gasteiger partial charge in [-0.25, -0.2) is 8.78 Å². The van der Waals surface area contributed by atoms with Crippen molar-refractivity contribution in [2.75, 3.05) is 18.5 Å². The van der Waals surface area contributed by atoms with Crippen molar-refractivity contribution in [3.63, 3.8) is 0 Å². The Morgan fingerprint density at radius 3 is 2.48 bits per heavy atom. The van der Waals surface area contributed by atoms with Crippen LogP contribution in [0, 0.1) is 11.6 Å². The number of rotatable bonds is 5. The molecule has 0 bridgehead atoms. The van der Waals surface area contributed by atoms with E-state index in [1.54, 1.807) is 13.2 Å². The molecule has 1 aromatic carbocycles. The van der Waals surface area contributed by atoms with Gasteiger partial charge in [-0.3, -0.25) is 4.98 Å². The number of thiocarbonyl (C=S) groups is 1. The van der Waals surface area contributed by atoms with Gasteiger partial charge in [-0.15, -0.1) is 0 Å². The second-order valence-electron chi connectivity index (χ2n) is 4.65. The number of nitrogens with two attached hydrogens (primary N) is 1. The minimum Gasteiger partial charge on any atom is -0.389 e. The number of aromatic nitrogens is 1. The lowest BCUT2D eigenvalue weighted by Gasteiger charge is -2.21. The summed E-state index contributed by atoms with van der Waals surface area (Å²) in [5.74, 6) is -1.36. The average Bonchev–Trinajstić information content (AvgIpc) is 2.45. The van der Waals surface area contributed by atoms with E-state index in [4.69, 9.17) is 18.0 Å². The lowest BCUT2D eigenvalue weighted by Crippen LogP contribution is -2.23. The molecule has 0 saturated carbocycles. The lowest BCUT2D eigenvalue weighted by molar-refractivity contribution is 0.576. The zero-order valence-electron chi connectivity index (χ0n) is 11.5. The quantitative estimate of drug-likeness (QED) is 0.863. The molecule has 0 atom stereocenters. The maximum Gasteiger partial charge on any atom is 0.150 e. The highest BCUT2D eigenvalue weighted by Gasteiger charge is 2.16. The number of nitrogens with zero attached hydrogens (tertiary/aromatic N) is 2. The van der Waals surface area contributed by atoms with Crippen molar-refractivity contribution in [3.05, 3.63) is 59.4 Å². The third-order valence-corrected chi connectivity index (χ3v) is 3.35. The summed E-state index contributed by atoms with van der Waals surface area (Å²) in [4.78, 5) is 5.66. The predicted molar refractivity (Wildman–Crippen MR) is 83.5 cm³/mol. The molecule has 0 spiro atoms. The number of benzene rings is 1. The molecular weight excluding hydrogens is 292 g/mol. The molecule has 0 aliphatic carbocycles. The summed E-state index contributed by atoms with van der Waals surface area (Å²) in [6.45, 7) is 0.442. The largest absolute Gasteiger partial charge is 0.389 e. The summed E-state index contributed by atoms with van der Waals surface area (Å²) in [7, 11) is 1.63. The first-order chi connectivity index (χ1) is 9.99. The Morgan fingerprint density at radius 2 is 1.95 bits per heavy atom. The van der Waals surface area contributed by atoms with Crippen molar-refractivity contribution >= 4 is 22.9 Å². The minimum absolute atomic E-state index is 0.0320. The number of hydrogen-bond acceptors (Lipinski definition) is 3. The first kappa shape index (κ1) is 15.3. The van der Waals surface area contributed by atoms with Crippen LogP contribution in [0.15, 0.2) is 36.5 Å². The van der Waals surface area contributed by atoms with Crippen LogP contribution in [-0.2, 0) is 6.42 Å². The van der Waals surface area contributed by atoms with Crippen molar-refractivity contribution in [1.29, 1.82) is 0 Å². The number of halogens is 2. The van der Waals surface area contributed by atoms with Gasteiger partial charge in [0.2, 0.25) is 0 Å². The van der Waals surface area contributed by atoms with E-state index in [1.165, 1.54) is 4.90 Å². The Labute approximate surface area is 127 Å². The molecule has 0 radical (unpaired) electrons. The molecular formula is C15H15F2N3S. The predicted octanol–water partition coefficient (Wildman–Crippen LogP) is 2.67. The van der Waals surface area contributed by atoms with E-state index in [-0.39, 0.29) is 16.2 Å². The fourth-order valence-corrected chi connectivity index (χ4v) is 2.13. The molecule has 1 aromatic heterocycles. The van der Waals surface area contributed by atoms with Crippen LogP contribution in [0.4, 0.5) is 14.5 Å². The molecule has 0 aliphatic rings.